The Bertz CT molecular complexity index is 382. The Balaban J connectivity index is 2.72. The summed E-state index contributed by atoms with van der Waals surface area (Å²) in [7, 11) is -0.730. The van der Waals surface area contributed by atoms with E-state index in [1.54, 1.807) is 6.26 Å². The van der Waals surface area contributed by atoms with Crippen LogP contribution in [0.2, 0.25) is 0 Å². The molecule has 0 radical (unpaired) electrons. The van der Waals surface area contributed by atoms with Gasteiger partial charge in [0.25, 0.3) is 0 Å². The molecule has 3 nitrogen and oxygen atoms in total. The molecular weight excluding hydrogens is 210 g/mol. The molecule has 1 heterocycles. The smallest absolute Gasteiger partial charge is 0.151 e. The molecule has 84 valence electrons. The molecule has 0 bridgehead atoms. The Morgan fingerprint density at radius 2 is 2.13 bits per heavy atom. The van der Waals surface area contributed by atoms with Crippen LogP contribution >= 0.6 is 0 Å². The normalized spacial score (nSPS) is 12.7. The molecule has 1 aromatic rings. The zero-order valence-corrected chi connectivity index (χ0v) is 10.3. The molecule has 0 saturated heterocycles. The number of hydrogen-bond donors (Lipinski definition) is 0. The maximum atomic E-state index is 10.9. The maximum Gasteiger partial charge on any atom is 0.151 e. The van der Waals surface area contributed by atoms with Gasteiger partial charge in [0.05, 0.1) is 0 Å². The minimum absolute atomic E-state index is 0.716. The first kappa shape index (κ1) is 12.2. The molecule has 1 unspecified atom stereocenters. The number of carbonyl (C=O) groups excluding carboxylic acids is 1. The molecule has 0 N–H and O–H groups in total. The quantitative estimate of drug-likeness (QED) is 0.718. The molecule has 0 amide bonds. The van der Waals surface area contributed by atoms with Crippen molar-refractivity contribution in [2.24, 2.45) is 0 Å². The van der Waals surface area contributed by atoms with E-state index in [-0.39, 0.29) is 0 Å². The van der Waals surface area contributed by atoms with Crippen LogP contribution in [-0.2, 0) is 17.3 Å². The molecular formula is C11H17NO2S. The van der Waals surface area contributed by atoms with Gasteiger partial charge in [-0.1, -0.05) is 0 Å². The molecule has 0 aliphatic rings. The topological polar surface area (TPSA) is 39.1 Å². The van der Waals surface area contributed by atoms with Crippen LogP contribution in [0.25, 0.3) is 0 Å². The fraction of sp³-hybridized carbons (Fsp3) is 0.545. The lowest BCUT2D eigenvalue weighted by molar-refractivity contribution is 0.112. The summed E-state index contributed by atoms with van der Waals surface area (Å²) in [5, 5.41) is 0. The van der Waals surface area contributed by atoms with Crippen molar-refractivity contribution in [3.05, 3.63) is 23.0 Å². The average Bonchev–Trinajstić information content (AvgIpc) is 2.44. The lowest BCUT2D eigenvalue weighted by Crippen LogP contribution is -2.06. The second kappa shape index (κ2) is 5.26. The second-order valence-corrected chi connectivity index (χ2v) is 5.28. The number of rotatable bonds is 5. The van der Waals surface area contributed by atoms with Crippen LogP contribution in [-0.4, -0.2) is 27.1 Å². The average molecular weight is 227 g/mol. The van der Waals surface area contributed by atoms with Gasteiger partial charge in [0.1, 0.15) is 0 Å². The highest BCUT2D eigenvalue weighted by Crippen LogP contribution is 2.13. The third-order valence-corrected chi connectivity index (χ3v) is 3.42. The Kier molecular flexibility index (Phi) is 4.27. The molecule has 0 saturated carbocycles. The van der Waals surface area contributed by atoms with Crippen molar-refractivity contribution in [2.45, 2.75) is 26.8 Å². The van der Waals surface area contributed by atoms with Crippen LogP contribution in [0.4, 0.5) is 0 Å². The van der Waals surface area contributed by atoms with E-state index in [2.05, 4.69) is 4.57 Å². The SMILES string of the molecule is Cc1cc(C=O)c(C)n1CCCS(C)=O. The van der Waals surface area contributed by atoms with Gasteiger partial charge in [-0.3, -0.25) is 9.00 Å². The minimum Gasteiger partial charge on any atom is -0.348 e. The molecule has 0 aliphatic heterocycles. The van der Waals surface area contributed by atoms with Crippen molar-refractivity contribution in [1.29, 1.82) is 0 Å². The maximum absolute atomic E-state index is 10.9. The molecule has 4 heteroatoms. The van der Waals surface area contributed by atoms with Crippen molar-refractivity contribution in [3.63, 3.8) is 0 Å². The fourth-order valence-corrected chi connectivity index (χ4v) is 2.25. The third kappa shape index (κ3) is 3.02. The largest absolute Gasteiger partial charge is 0.348 e. The molecule has 1 aromatic heterocycles. The third-order valence-electron chi connectivity index (χ3n) is 2.55. The summed E-state index contributed by atoms with van der Waals surface area (Å²) in [6, 6.07) is 1.89. The summed E-state index contributed by atoms with van der Waals surface area (Å²) >= 11 is 0. The summed E-state index contributed by atoms with van der Waals surface area (Å²) in [6.07, 6.45) is 3.49. The zero-order valence-electron chi connectivity index (χ0n) is 9.45. The highest BCUT2D eigenvalue weighted by atomic mass is 32.2. The Labute approximate surface area is 92.9 Å². The zero-order chi connectivity index (χ0) is 11.4. The predicted octanol–water partition coefficient (Wildman–Crippen LogP) is 1.69. The van der Waals surface area contributed by atoms with Gasteiger partial charge in [-0.2, -0.15) is 0 Å². The van der Waals surface area contributed by atoms with E-state index >= 15 is 0 Å². The van der Waals surface area contributed by atoms with Crippen LogP contribution in [0.5, 0.6) is 0 Å². The van der Waals surface area contributed by atoms with E-state index in [1.165, 1.54) is 0 Å². The number of carbonyl (C=O) groups is 1. The van der Waals surface area contributed by atoms with E-state index in [4.69, 9.17) is 0 Å². The standard InChI is InChI=1S/C11H17NO2S/c1-9-7-11(8-13)10(2)12(9)5-4-6-15(3)14/h7-8H,4-6H2,1-3H3. The second-order valence-electron chi connectivity index (χ2n) is 3.73. The van der Waals surface area contributed by atoms with Crippen molar-refractivity contribution in [1.82, 2.24) is 4.57 Å². The molecule has 0 aromatic carbocycles. The molecule has 0 spiro atoms. The van der Waals surface area contributed by atoms with Crippen LogP contribution in [0, 0.1) is 13.8 Å². The van der Waals surface area contributed by atoms with Gasteiger partial charge in [-0.05, 0) is 26.3 Å². The first-order valence-corrected chi connectivity index (χ1v) is 6.71. The number of aldehydes is 1. The predicted molar refractivity (Wildman–Crippen MR) is 62.8 cm³/mol. The highest BCUT2D eigenvalue weighted by Gasteiger charge is 2.07. The molecule has 1 rings (SSSR count). The van der Waals surface area contributed by atoms with Crippen molar-refractivity contribution in [2.75, 3.05) is 12.0 Å². The van der Waals surface area contributed by atoms with Crippen molar-refractivity contribution in [3.8, 4) is 0 Å². The summed E-state index contributed by atoms with van der Waals surface area (Å²) < 4.78 is 13.0. The summed E-state index contributed by atoms with van der Waals surface area (Å²) in [5.41, 5.74) is 2.85. The van der Waals surface area contributed by atoms with Crippen LogP contribution < -0.4 is 0 Å². The first-order chi connectivity index (χ1) is 7.06. The Hall–Kier alpha value is -0.900. The van der Waals surface area contributed by atoms with Gasteiger partial charge in [0.15, 0.2) is 6.29 Å². The van der Waals surface area contributed by atoms with Gasteiger partial charge in [-0.25, -0.2) is 0 Å². The van der Waals surface area contributed by atoms with E-state index < -0.39 is 10.8 Å². The highest BCUT2D eigenvalue weighted by molar-refractivity contribution is 7.84. The fourth-order valence-electron chi connectivity index (χ4n) is 1.72. The summed E-state index contributed by atoms with van der Waals surface area (Å²) in [6.45, 7) is 4.77. The molecule has 1 atom stereocenters. The summed E-state index contributed by atoms with van der Waals surface area (Å²) in [5.74, 6) is 0.716. The van der Waals surface area contributed by atoms with Gasteiger partial charge in [0, 0.05) is 46.3 Å². The summed E-state index contributed by atoms with van der Waals surface area (Å²) in [4.78, 5) is 10.7. The Morgan fingerprint density at radius 3 is 2.60 bits per heavy atom. The van der Waals surface area contributed by atoms with Crippen LogP contribution in [0.1, 0.15) is 28.2 Å². The number of nitrogens with zero attached hydrogens (tertiary/aromatic N) is 1. The molecule has 15 heavy (non-hydrogen) atoms. The number of aromatic nitrogens is 1. The number of hydrogen-bond acceptors (Lipinski definition) is 2. The number of aryl methyl sites for hydroxylation is 1. The van der Waals surface area contributed by atoms with E-state index in [9.17, 15) is 9.00 Å². The first-order valence-electron chi connectivity index (χ1n) is 4.98. The van der Waals surface area contributed by atoms with Gasteiger partial charge < -0.3 is 4.57 Å². The van der Waals surface area contributed by atoms with Crippen molar-refractivity contribution < 1.29 is 9.00 Å². The minimum atomic E-state index is -0.730. The molecule has 0 aliphatic carbocycles. The lowest BCUT2D eigenvalue weighted by Gasteiger charge is -2.08. The van der Waals surface area contributed by atoms with Gasteiger partial charge >= 0.3 is 0 Å². The van der Waals surface area contributed by atoms with E-state index in [0.29, 0.717) is 5.75 Å². The van der Waals surface area contributed by atoms with Gasteiger partial charge in [0.2, 0.25) is 0 Å². The van der Waals surface area contributed by atoms with Crippen molar-refractivity contribution >= 4 is 17.1 Å². The molecule has 0 fully saturated rings. The van der Waals surface area contributed by atoms with Crippen LogP contribution in [0.15, 0.2) is 6.07 Å². The van der Waals surface area contributed by atoms with Crippen LogP contribution in [0.3, 0.4) is 0 Å². The van der Waals surface area contributed by atoms with E-state index in [1.807, 2.05) is 19.9 Å². The Morgan fingerprint density at radius 1 is 1.47 bits per heavy atom. The lowest BCUT2D eigenvalue weighted by atomic mass is 10.3. The monoisotopic (exact) mass is 227 g/mol. The van der Waals surface area contributed by atoms with Gasteiger partial charge in [-0.15, -0.1) is 0 Å². The van der Waals surface area contributed by atoms with E-state index in [0.717, 1.165) is 36.2 Å².